The molecule has 2 heteroatoms. The van der Waals surface area contributed by atoms with Crippen molar-refractivity contribution in [2.24, 2.45) is 0 Å². The Morgan fingerprint density at radius 2 is 2.00 bits per heavy atom. The van der Waals surface area contributed by atoms with Crippen molar-refractivity contribution >= 4 is 15.9 Å². The van der Waals surface area contributed by atoms with Gasteiger partial charge in [-0.3, -0.25) is 0 Å². The van der Waals surface area contributed by atoms with Gasteiger partial charge in [0, 0.05) is 6.61 Å². The van der Waals surface area contributed by atoms with Crippen LogP contribution in [0.5, 0.6) is 0 Å². The number of rotatable bonds is 4. The summed E-state index contributed by atoms with van der Waals surface area (Å²) >= 11 is 3.78. The van der Waals surface area contributed by atoms with Crippen LogP contribution in [0.1, 0.15) is 56.0 Å². The van der Waals surface area contributed by atoms with Crippen LogP contribution in [0, 0.1) is 0 Å². The molecule has 1 aliphatic heterocycles. The predicted octanol–water partition coefficient (Wildman–Crippen LogP) is 4.99. The summed E-state index contributed by atoms with van der Waals surface area (Å²) in [4.78, 5) is 0.332. The standard InChI is InChI=1S/C16H23BrO/c1-4-16(2,3)13-9-7-12(8-10-13)15(17)14-6-5-11-18-14/h7-10,14-15H,4-6,11H2,1-3H3. The fourth-order valence-electron chi connectivity index (χ4n) is 2.37. The van der Waals surface area contributed by atoms with Crippen molar-refractivity contribution in [2.45, 2.75) is 56.4 Å². The van der Waals surface area contributed by atoms with Gasteiger partial charge >= 0.3 is 0 Å². The van der Waals surface area contributed by atoms with Gasteiger partial charge in [-0.15, -0.1) is 0 Å². The van der Waals surface area contributed by atoms with Crippen molar-refractivity contribution in [3.63, 3.8) is 0 Å². The molecule has 0 bridgehead atoms. The molecule has 1 aliphatic rings. The zero-order chi connectivity index (χ0) is 13.2. The maximum atomic E-state index is 5.74. The second kappa shape index (κ2) is 5.75. The predicted molar refractivity (Wildman–Crippen MR) is 80.4 cm³/mol. The lowest BCUT2D eigenvalue weighted by molar-refractivity contribution is 0.110. The fraction of sp³-hybridized carbons (Fsp3) is 0.625. The zero-order valence-electron chi connectivity index (χ0n) is 11.6. The van der Waals surface area contributed by atoms with Gasteiger partial charge in [0.2, 0.25) is 0 Å². The lowest BCUT2D eigenvalue weighted by Crippen LogP contribution is -2.16. The molecule has 1 nitrogen and oxygen atoms in total. The summed E-state index contributed by atoms with van der Waals surface area (Å²) in [5, 5.41) is 0. The van der Waals surface area contributed by atoms with Gasteiger partial charge in [0.1, 0.15) is 0 Å². The molecule has 0 spiro atoms. The third kappa shape index (κ3) is 2.97. The molecule has 0 N–H and O–H groups in total. The summed E-state index contributed by atoms with van der Waals surface area (Å²) in [7, 11) is 0. The Labute approximate surface area is 119 Å². The van der Waals surface area contributed by atoms with Crippen LogP contribution < -0.4 is 0 Å². The molecule has 18 heavy (non-hydrogen) atoms. The highest BCUT2D eigenvalue weighted by Crippen LogP contribution is 2.35. The average Bonchev–Trinajstić information content (AvgIpc) is 2.92. The molecule has 0 radical (unpaired) electrons. The van der Waals surface area contributed by atoms with Crippen LogP contribution in [0.2, 0.25) is 0 Å². The van der Waals surface area contributed by atoms with Gasteiger partial charge < -0.3 is 4.74 Å². The Kier molecular flexibility index (Phi) is 4.50. The second-order valence-corrected chi connectivity index (χ2v) is 6.80. The van der Waals surface area contributed by atoms with Crippen LogP contribution in [0.3, 0.4) is 0 Å². The highest BCUT2D eigenvalue weighted by molar-refractivity contribution is 9.09. The smallest absolute Gasteiger partial charge is 0.0741 e. The van der Waals surface area contributed by atoms with Crippen LogP contribution in [0.15, 0.2) is 24.3 Å². The SMILES string of the molecule is CCC(C)(C)c1ccc(C(Br)C2CCCO2)cc1. The van der Waals surface area contributed by atoms with Crippen molar-refractivity contribution in [1.82, 2.24) is 0 Å². The highest BCUT2D eigenvalue weighted by Gasteiger charge is 2.25. The summed E-state index contributed by atoms with van der Waals surface area (Å²) in [6, 6.07) is 9.02. The van der Waals surface area contributed by atoms with E-state index in [1.54, 1.807) is 0 Å². The van der Waals surface area contributed by atoms with Gasteiger partial charge in [-0.25, -0.2) is 0 Å². The van der Waals surface area contributed by atoms with E-state index in [1.807, 2.05) is 0 Å². The number of ether oxygens (including phenoxy) is 1. The van der Waals surface area contributed by atoms with Gasteiger partial charge in [-0.1, -0.05) is 61.0 Å². The van der Waals surface area contributed by atoms with E-state index < -0.39 is 0 Å². The fourth-order valence-corrected chi connectivity index (χ4v) is 3.09. The van der Waals surface area contributed by atoms with E-state index in [-0.39, 0.29) is 5.41 Å². The maximum Gasteiger partial charge on any atom is 0.0741 e. The van der Waals surface area contributed by atoms with Crippen molar-refractivity contribution < 1.29 is 4.74 Å². The van der Waals surface area contributed by atoms with Gasteiger partial charge in [-0.2, -0.15) is 0 Å². The van der Waals surface area contributed by atoms with Gasteiger partial charge in [0.05, 0.1) is 10.9 Å². The topological polar surface area (TPSA) is 9.23 Å². The van der Waals surface area contributed by atoms with Gasteiger partial charge in [0.15, 0.2) is 0 Å². The third-order valence-corrected chi connectivity index (χ3v) is 5.30. The molecule has 1 heterocycles. The lowest BCUT2D eigenvalue weighted by Gasteiger charge is -2.24. The summed E-state index contributed by atoms with van der Waals surface area (Å²) in [6.45, 7) is 7.75. The van der Waals surface area contributed by atoms with Crippen molar-refractivity contribution in [3.05, 3.63) is 35.4 Å². The number of alkyl halides is 1. The number of benzene rings is 1. The summed E-state index contributed by atoms with van der Waals surface area (Å²) < 4.78 is 5.74. The van der Waals surface area contributed by atoms with Gasteiger partial charge in [0.25, 0.3) is 0 Å². The van der Waals surface area contributed by atoms with Crippen molar-refractivity contribution in [1.29, 1.82) is 0 Å². The molecular weight excluding hydrogens is 288 g/mol. The van der Waals surface area contributed by atoms with Gasteiger partial charge in [-0.05, 0) is 35.8 Å². The lowest BCUT2D eigenvalue weighted by atomic mass is 9.82. The molecule has 2 atom stereocenters. The molecule has 1 aromatic carbocycles. The maximum absolute atomic E-state index is 5.74. The van der Waals surface area contributed by atoms with Crippen LogP contribution in [0.25, 0.3) is 0 Å². The molecule has 0 saturated carbocycles. The second-order valence-electron chi connectivity index (χ2n) is 5.81. The van der Waals surface area contributed by atoms with Crippen LogP contribution in [-0.4, -0.2) is 12.7 Å². The zero-order valence-corrected chi connectivity index (χ0v) is 13.2. The summed E-state index contributed by atoms with van der Waals surface area (Å²) in [5.74, 6) is 0. The van der Waals surface area contributed by atoms with Crippen LogP contribution in [0.4, 0.5) is 0 Å². The van der Waals surface area contributed by atoms with E-state index in [1.165, 1.54) is 17.5 Å². The minimum atomic E-state index is 0.268. The quantitative estimate of drug-likeness (QED) is 0.712. The Morgan fingerprint density at radius 3 is 2.50 bits per heavy atom. The van der Waals surface area contributed by atoms with E-state index in [9.17, 15) is 0 Å². The molecule has 2 unspecified atom stereocenters. The molecule has 1 fully saturated rings. The number of halogens is 1. The Balaban J connectivity index is 2.12. The minimum absolute atomic E-state index is 0.268. The number of hydrogen-bond acceptors (Lipinski definition) is 1. The minimum Gasteiger partial charge on any atom is -0.377 e. The first kappa shape index (κ1) is 14.1. The van der Waals surface area contributed by atoms with Crippen LogP contribution >= 0.6 is 15.9 Å². The highest BCUT2D eigenvalue weighted by atomic mass is 79.9. The van der Waals surface area contributed by atoms with E-state index in [0.717, 1.165) is 19.4 Å². The van der Waals surface area contributed by atoms with E-state index in [2.05, 4.69) is 61.0 Å². The third-order valence-electron chi connectivity index (χ3n) is 4.19. The first-order chi connectivity index (χ1) is 8.54. The normalized spacial score (nSPS) is 22.1. The Bertz CT molecular complexity index is 377. The average molecular weight is 311 g/mol. The first-order valence-electron chi connectivity index (χ1n) is 6.90. The van der Waals surface area contributed by atoms with Crippen molar-refractivity contribution in [3.8, 4) is 0 Å². The van der Waals surface area contributed by atoms with Crippen LogP contribution in [-0.2, 0) is 10.2 Å². The number of hydrogen-bond donors (Lipinski definition) is 0. The first-order valence-corrected chi connectivity index (χ1v) is 7.82. The monoisotopic (exact) mass is 310 g/mol. The molecule has 0 aromatic heterocycles. The van der Waals surface area contributed by atoms with E-state index in [0.29, 0.717) is 10.9 Å². The molecule has 1 aromatic rings. The summed E-state index contributed by atoms with van der Waals surface area (Å²) in [6.07, 6.45) is 3.86. The Morgan fingerprint density at radius 1 is 1.33 bits per heavy atom. The van der Waals surface area contributed by atoms with E-state index in [4.69, 9.17) is 4.74 Å². The molecule has 0 amide bonds. The largest absolute Gasteiger partial charge is 0.377 e. The molecule has 2 rings (SSSR count). The Hall–Kier alpha value is -0.340. The molecule has 100 valence electrons. The van der Waals surface area contributed by atoms with E-state index >= 15 is 0 Å². The van der Waals surface area contributed by atoms with Crippen molar-refractivity contribution in [2.75, 3.05) is 6.61 Å². The summed E-state index contributed by atoms with van der Waals surface area (Å²) in [5.41, 5.74) is 3.02. The molecular formula is C16H23BrO. The molecule has 0 aliphatic carbocycles. The molecule has 1 saturated heterocycles.